The Labute approximate surface area is 124 Å². The Hall–Kier alpha value is -2.49. The SMILES string of the molecule is CN(C)c1ccc2c(c1)C(=NO)c1cc(N(C)C)ccc1-2. The van der Waals surface area contributed by atoms with Gasteiger partial charge in [0.1, 0.15) is 5.71 Å². The number of fused-ring (bicyclic) bond motifs is 3. The van der Waals surface area contributed by atoms with Crippen LogP contribution in [0.4, 0.5) is 11.4 Å². The lowest BCUT2D eigenvalue weighted by Gasteiger charge is -2.13. The minimum Gasteiger partial charge on any atom is -0.410 e. The second-order valence-electron chi connectivity index (χ2n) is 5.70. The van der Waals surface area contributed by atoms with Crippen molar-refractivity contribution in [2.75, 3.05) is 38.0 Å². The van der Waals surface area contributed by atoms with E-state index in [4.69, 9.17) is 0 Å². The van der Waals surface area contributed by atoms with Crippen molar-refractivity contribution in [2.45, 2.75) is 0 Å². The molecule has 1 N–H and O–H groups in total. The molecule has 0 heterocycles. The van der Waals surface area contributed by atoms with Crippen molar-refractivity contribution in [3.8, 4) is 11.1 Å². The van der Waals surface area contributed by atoms with Gasteiger partial charge in [-0.1, -0.05) is 17.3 Å². The summed E-state index contributed by atoms with van der Waals surface area (Å²) in [5.41, 5.74) is 7.03. The molecule has 0 aromatic heterocycles. The maximum absolute atomic E-state index is 9.48. The number of oxime groups is 1. The normalized spacial score (nSPS) is 11.9. The van der Waals surface area contributed by atoms with Crippen LogP contribution in [0.25, 0.3) is 11.1 Å². The summed E-state index contributed by atoms with van der Waals surface area (Å²) in [6, 6.07) is 12.5. The zero-order chi connectivity index (χ0) is 15.1. The van der Waals surface area contributed by atoms with Crippen molar-refractivity contribution in [1.29, 1.82) is 0 Å². The molecule has 21 heavy (non-hydrogen) atoms. The van der Waals surface area contributed by atoms with Gasteiger partial charge >= 0.3 is 0 Å². The second kappa shape index (κ2) is 4.81. The summed E-state index contributed by atoms with van der Waals surface area (Å²) < 4.78 is 0. The fourth-order valence-corrected chi connectivity index (χ4v) is 2.74. The van der Waals surface area contributed by atoms with Gasteiger partial charge in [-0.05, 0) is 35.4 Å². The van der Waals surface area contributed by atoms with Crippen LogP contribution < -0.4 is 9.80 Å². The number of benzene rings is 2. The molecule has 0 fully saturated rings. The molecule has 0 radical (unpaired) electrons. The smallest absolute Gasteiger partial charge is 0.118 e. The second-order valence-corrected chi connectivity index (χ2v) is 5.70. The summed E-state index contributed by atoms with van der Waals surface area (Å²) in [6.07, 6.45) is 0. The first-order valence-electron chi connectivity index (χ1n) is 6.89. The summed E-state index contributed by atoms with van der Waals surface area (Å²) in [5.74, 6) is 0. The monoisotopic (exact) mass is 281 g/mol. The largest absolute Gasteiger partial charge is 0.410 e. The van der Waals surface area contributed by atoms with Gasteiger partial charge in [-0.25, -0.2) is 0 Å². The van der Waals surface area contributed by atoms with Gasteiger partial charge in [-0.15, -0.1) is 0 Å². The van der Waals surface area contributed by atoms with E-state index in [0.717, 1.165) is 33.6 Å². The summed E-state index contributed by atoms with van der Waals surface area (Å²) in [6.45, 7) is 0. The summed E-state index contributed by atoms with van der Waals surface area (Å²) >= 11 is 0. The number of rotatable bonds is 2. The van der Waals surface area contributed by atoms with Crippen molar-refractivity contribution < 1.29 is 5.21 Å². The highest BCUT2D eigenvalue weighted by atomic mass is 16.4. The maximum atomic E-state index is 9.48. The minimum absolute atomic E-state index is 0.646. The predicted octanol–water partition coefficient (Wildman–Crippen LogP) is 3.03. The maximum Gasteiger partial charge on any atom is 0.118 e. The van der Waals surface area contributed by atoms with Gasteiger partial charge in [0.25, 0.3) is 0 Å². The zero-order valence-corrected chi connectivity index (χ0v) is 12.8. The molecule has 0 spiro atoms. The first-order valence-corrected chi connectivity index (χ1v) is 6.89. The molecule has 108 valence electrons. The molecule has 0 amide bonds. The van der Waals surface area contributed by atoms with Gasteiger partial charge in [-0.2, -0.15) is 0 Å². The molecule has 3 rings (SSSR count). The lowest BCUT2D eigenvalue weighted by atomic mass is 10.0. The highest BCUT2D eigenvalue weighted by Gasteiger charge is 2.26. The molecule has 0 saturated heterocycles. The van der Waals surface area contributed by atoms with Gasteiger partial charge in [0, 0.05) is 50.7 Å². The molecule has 0 atom stereocenters. The fraction of sp³-hybridized carbons (Fsp3) is 0.235. The Morgan fingerprint density at radius 1 is 0.714 bits per heavy atom. The van der Waals surface area contributed by atoms with Gasteiger partial charge in [-0.3, -0.25) is 0 Å². The van der Waals surface area contributed by atoms with Crippen molar-refractivity contribution >= 4 is 17.1 Å². The summed E-state index contributed by atoms with van der Waals surface area (Å²) in [7, 11) is 8.01. The van der Waals surface area contributed by atoms with E-state index in [1.165, 1.54) is 0 Å². The molecular formula is C17H19N3O. The number of nitrogens with zero attached hydrogens (tertiary/aromatic N) is 3. The highest BCUT2D eigenvalue weighted by molar-refractivity contribution is 6.25. The first-order chi connectivity index (χ1) is 10.0. The third kappa shape index (κ3) is 2.03. The third-order valence-corrected chi connectivity index (χ3v) is 3.94. The molecular weight excluding hydrogens is 262 g/mol. The standard InChI is InChI=1S/C17H19N3O/c1-19(2)11-5-7-13-14-8-6-12(20(3)4)10-16(14)17(18-21)15(13)9-11/h5-10,21H,1-4H3. The topological polar surface area (TPSA) is 39.1 Å². The van der Waals surface area contributed by atoms with Crippen LogP contribution in [0.1, 0.15) is 11.1 Å². The Morgan fingerprint density at radius 3 is 1.48 bits per heavy atom. The molecule has 0 unspecified atom stereocenters. The average molecular weight is 281 g/mol. The highest BCUT2D eigenvalue weighted by Crippen LogP contribution is 2.40. The van der Waals surface area contributed by atoms with E-state index in [2.05, 4.69) is 41.6 Å². The van der Waals surface area contributed by atoms with Crippen LogP contribution in [0.5, 0.6) is 0 Å². The summed E-state index contributed by atoms with van der Waals surface area (Å²) in [5, 5.41) is 13.0. The minimum atomic E-state index is 0.646. The van der Waals surface area contributed by atoms with Crippen LogP contribution in [0, 0.1) is 0 Å². The van der Waals surface area contributed by atoms with Gasteiger partial charge < -0.3 is 15.0 Å². The van der Waals surface area contributed by atoms with Crippen LogP contribution in [0.3, 0.4) is 0 Å². The Bertz CT molecular complexity index is 673. The van der Waals surface area contributed by atoms with Crippen molar-refractivity contribution in [3.05, 3.63) is 47.5 Å². The molecule has 0 bridgehead atoms. The molecule has 0 aliphatic heterocycles. The zero-order valence-electron chi connectivity index (χ0n) is 12.8. The molecule has 4 heteroatoms. The molecule has 2 aromatic rings. The van der Waals surface area contributed by atoms with Crippen molar-refractivity contribution in [1.82, 2.24) is 0 Å². The van der Waals surface area contributed by atoms with Crippen LogP contribution in [0.2, 0.25) is 0 Å². The van der Waals surface area contributed by atoms with Crippen LogP contribution in [0.15, 0.2) is 41.6 Å². The Balaban J connectivity index is 2.21. The van der Waals surface area contributed by atoms with E-state index < -0.39 is 0 Å². The van der Waals surface area contributed by atoms with Gasteiger partial charge in [0.2, 0.25) is 0 Å². The van der Waals surface area contributed by atoms with E-state index >= 15 is 0 Å². The molecule has 0 saturated carbocycles. The predicted molar refractivity (Wildman–Crippen MR) is 88.0 cm³/mol. The van der Waals surface area contributed by atoms with E-state index in [9.17, 15) is 5.21 Å². The molecule has 1 aliphatic carbocycles. The van der Waals surface area contributed by atoms with E-state index in [-0.39, 0.29) is 0 Å². The first kappa shape index (κ1) is 13.5. The number of hydrogen-bond acceptors (Lipinski definition) is 4. The molecule has 1 aliphatic rings. The summed E-state index contributed by atoms with van der Waals surface area (Å²) in [4.78, 5) is 4.09. The Kier molecular flexibility index (Phi) is 3.09. The average Bonchev–Trinajstić information content (AvgIpc) is 2.78. The molecule has 4 nitrogen and oxygen atoms in total. The van der Waals surface area contributed by atoms with Crippen molar-refractivity contribution in [3.63, 3.8) is 0 Å². The number of anilines is 2. The quantitative estimate of drug-likeness (QED) is 0.579. The van der Waals surface area contributed by atoms with Gasteiger partial charge in [0.15, 0.2) is 0 Å². The lowest BCUT2D eigenvalue weighted by Crippen LogP contribution is -2.10. The van der Waals surface area contributed by atoms with E-state index in [0.29, 0.717) is 5.71 Å². The van der Waals surface area contributed by atoms with Crippen LogP contribution >= 0.6 is 0 Å². The van der Waals surface area contributed by atoms with E-state index in [1.54, 1.807) is 0 Å². The fourth-order valence-electron chi connectivity index (χ4n) is 2.74. The Morgan fingerprint density at radius 2 is 1.14 bits per heavy atom. The lowest BCUT2D eigenvalue weighted by molar-refractivity contribution is 0.320. The van der Waals surface area contributed by atoms with E-state index in [1.807, 2.05) is 38.0 Å². The third-order valence-electron chi connectivity index (χ3n) is 3.94. The van der Waals surface area contributed by atoms with Crippen molar-refractivity contribution in [2.24, 2.45) is 5.16 Å². The van der Waals surface area contributed by atoms with Crippen LogP contribution in [-0.4, -0.2) is 39.1 Å². The van der Waals surface area contributed by atoms with Gasteiger partial charge in [0.05, 0.1) is 0 Å². The van der Waals surface area contributed by atoms with Crippen LogP contribution in [-0.2, 0) is 0 Å². The molecule has 2 aromatic carbocycles. The number of hydrogen-bond donors (Lipinski definition) is 1.